The van der Waals surface area contributed by atoms with Crippen LogP contribution in [0.5, 0.6) is 0 Å². The van der Waals surface area contributed by atoms with Gasteiger partial charge >= 0.3 is 99.8 Å². The van der Waals surface area contributed by atoms with Crippen LogP contribution in [0.4, 0.5) is 0 Å². The van der Waals surface area contributed by atoms with E-state index < -0.39 is 5.43 Å². The van der Waals surface area contributed by atoms with E-state index in [0.717, 1.165) is 0 Å². The van der Waals surface area contributed by atoms with Crippen LogP contribution in [-0.4, -0.2) is 5.43 Å². The Hall–Kier alpha value is -2.09. The molecule has 0 fully saturated rings. The van der Waals surface area contributed by atoms with Crippen LogP contribution < -0.4 is 35.2 Å². The fraction of sp³-hybridized carbons (Fsp3) is 0.0333. The van der Waals surface area contributed by atoms with Crippen molar-refractivity contribution in [2.75, 3.05) is 0 Å². The van der Waals surface area contributed by atoms with Crippen LogP contribution in [0.15, 0.2) is 133 Å². The van der Waals surface area contributed by atoms with Gasteiger partial charge < -0.3 is 24.8 Å². The topological polar surface area (TPSA) is 0 Å². The fourth-order valence-electron chi connectivity index (χ4n) is 4.31. The van der Waals surface area contributed by atoms with Gasteiger partial charge in [0.05, 0.1) is 0 Å². The predicted octanol–water partition coefficient (Wildman–Crippen LogP) is 0.269. The third-order valence-corrected chi connectivity index (χ3v) is 12.0. The molecule has 0 heterocycles. The van der Waals surface area contributed by atoms with E-state index in [1.54, 1.807) is 23.3 Å². The number of benzene rings is 4. The molecule has 1 aliphatic carbocycles. The minimum atomic E-state index is -0.455. The molecular formula is C30H23Cl2SiZr-. The molecule has 0 aromatic heterocycles. The number of rotatable bonds is 3. The van der Waals surface area contributed by atoms with E-state index >= 15 is 0 Å². The van der Waals surface area contributed by atoms with Gasteiger partial charge in [0, 0.05) is 0 Å². The summed E-state index contributed by atoms with van der Waals surface area (Å²) in [4.78, 5) is 0. The van der Waals surface area contributed by atoms with Crippen molar-refractivity contribution in [1.29, 1.82) is 0 Å². The quantitative estimate of drug-likeness (QED) is 0.215. The first-order chi connectivity index (χ1) is 15.8. The van der Waals surface area contributed by atoms with Crippen LogP contribution in [0.2, 0.25) is 0 Å². The summed E-state index contributed by atoms with van der Waals surface area (Å²) in [5.41, 5.74) is 0.956. The molecule has 0 bridgehead atoms. The Morgan fingerprint density at radius 2 is 1.12 bits per heavy atom. The third-order valence-electron chi connectivity index (χ3n) is 5.92. The second-order valence-electron chi connectivity index (χ2n) is 7.94. The van der Waals surface area contributed by atoms with Gasteiger partial charge in [-0.25, -0.2) is 0 Å². The predicted molar refractivity (Wildman–Crippen MR) is 136 cm³/mol. The van der Waals surface area contributed by atoms with E-state index in [2.05, 4.69) is 133 Å². The van der Waals surface area contributed by atoms with Crippen molar-refractivity contribution in [3.8, 4) is 0 Å². The van der Waals surface area contributed by atoms with E-state index in [4.69, 9.17) is 0 Å². The first-order valence-electron chi connectivity index (χ1n) is 10.9. The average molecular weight is 574 g/mol. The Bertz CT molecular complexity index is 1380. The van der Waals surface area contributed by atoms with Crippen LogP contribution in [0.25, 0.3) is 21.5 Å². The number of halogens is 2. The Balaban J connectivity index is 0.000000186. The summed E-state index contributed by atoms with van der Waals surface area (Å²) >= 11 is 1.64. The summed E-state index contributed by atoms with van der Waals surface area (Å²) in [7, 11) is 0. The number of fused-ring (bicyclic) bond motifs is 3. The molecule has 0 amide bonds. The van der Waals surface area contributed by atoms with Crippen molar-refractivity contribution in [1.82, 2.24) is 0 Å². The van der Waals surface area contributed by atoms with E-state index in [0.29, 0.717) is 5.92 Å². The molecular weight excluding hydrogens is 551 g/mol. The average Bonchev–Trinajstić information content (AvgIpc) is 3.53. The van der Waals surface area contributed by atoms with Gasteiger partial charge in [0.25, 0.3) is 0 Å². The zero-order chi connectivity index (χ0) is 21.8. The number of hydrogen-bond donors (Lipinski definition) is 0. The second kappa shape index (κ2) is 12.6. The van der Waals surface area contributed by atoms with Gasteiger partial charge in [0.15, 0.2) is 0 Å². The van der Waals surface area contributed by atoms with Gasteiger partial charge in [-0.15, -0.1) is 33.7 Å². The van der Waals surface area contributed by atoms with E-state index in [-0.39, 0.29) is 24.8 Å². The van der Waals surface area contributed by atoms with Crippen LogP contribution in [0, 0.1) is 0 Å². The molecule has 6 rings (SSSR count). The molecule has 0 unspecified atom stereocenters. The van der Waals surface area contributed by atoms with E-state index in [1.807, 2.05) is 0 Å². The summed E-state index contributed by atoms with van der Waals surface area (Å²) < 4.78 is 0. The Morgan fingerprint density at radius 3 is 1.74 bits per heavy atom. The molecule has 0 spiro atoms. The molecule has 0 saturated heterocycles. The minimum absolute atomic E-state index is 0. The molecule has 166 valence electrons. The molecule has 0 atom stereocenters. The molecule has 5 aromatic rings. The second-order valence-corrected chi connectivity index (χ2v) is 13.5. The van der Waals surface area contributed by atoms with Crippen molar-refractivity contribution < 1.29 is 48.1 Å². The van der Waals surface area contributed by atoms with Crippen LogP contribution in [0.3, 0.4) is 0 Å². The molecule has 0 nitrogen and oxygen atoms in total. The fourth-order valence-corrected chi connectivity index (χ4v) is 8.15. The van der Waals surface area contributed by atoms with E-state index in [1.165, 1.54) is 37.5 Å². The standard InChI is InChI=1S/C18H13.C12H10Si.2ClH.Zr/c1-2-7-13(6-1)15-10-5-11-17-16-9-4-3-8-14(16)12-18(15)17;1-3-7-11(8-4-1)13-12-9-5-2-6-10-12;;;/h1-13H;1-10H;2*1H;/q-1;;;;+2/p-2. The van der Waals surface area contributed by atoms with Gasteiger partial charge in [-0.3, -0.25) is 0 Å². The van der Waals surface area contributed by atoms with Crippen molar-refractivity contribution in [2.45, 2.75) is 5.92 Å². The summed E-state index contributed by atoms with van der Waals surface area (Å²) in [6, 6.07) is 39.3. The molecule has 5 aromatic carbocycles. The summed E-state index contributed by atoms with van der Waals surface area (Å²) in [6.45, 7) is 0. The van der Waals surface area contributed by atoms with Crippen LogP contribution in [0.1, 0.15) is 11.5 Å². The third kappa shape index (κ3) is 5.75. The molecule has 0 aliphatic heterocycles. The van der Waals surface area contributed by atoms with Gasteiger partial charge in [-0.2, -0.15) is 0 Å². The zero-order valence-corrected chi connectivity index (χ0v) is 23.5. The number of allylic oxidation sites excluding steroid dienone is 4. The zero-order valence-electron chi connectivity index (χ0n) is 18.5. The van der Waals surface area contributed by atoms with Gasteiger partial charge in [0.1, 0.15) is 0 Å². The molecule has 0 saturated carbocycles. The molecule has 34 heavy (non-hydrogen) atoms. The Morgan fingerprint density at radius 1 is 0.588 bits per heavy atom. The number of hydrogen-bond acceptors (Lipinski definition) is 0. The van der Waals surface area contributed by atoms with Crippen LogP contribution >= 0.6 is 0 Å². The first-order valence-corrected chi connectivity index (χ1v) is 16.1. The van der Waals surface area contributed by atoms with Crippen molar-refractivity contribution in [2.24, 2.45) is 0 Å². The summed E-state index contributed by atoms with van der Waals surface area (Å²) in [5, 5.41) is 8.49. The van der Waals surface area contributed by atoms with Gasteiger partial charge in [0.2, 0.25) is 0 Å². The van der Waals surface area contributed by atoms with Crippen molar-refractivity contribution >= 4 is 37.4 Å². The monoisotopic (exact) mass is 571 g/mol. The maximum absolute atomic E-state index is 2.32. The Kier molecular flexibility index (Phi) is 9.80. The molecule has 0 N–H and O–H groups in total. The summed E-state index contributed by atoms with van der Waals surface area (Å²) in [5.74, 6) is 0.436. The Labute approximate surface area is 229 Å². The first kappa shape index (κ1) is 26.5. The maximum atomic E-state index is 2.32. The van der Waals surface area contributed by atoms with Crippen molar-refractivity contribution in [3.05, 3.63) is 139 Å². The van der Waals surface area contributed by atoms with Crippen LogP contribution in [-0.2, 0) is 23.3 Å². The van der Waals surface area contributed by atoms with Gasteiger partial charge in [-0.05, 0) is 5.92 Å². The normalized spacial score (nSPS) is 12.1. The molecule has 4 heteroatoms. The molecule has 0 radical (unpaired) electrons. The summed E-state index contributed by atoms with van der Waals surface area (Å²) in [6.07, 6.45) is 8.77. The van der Waals surface area contributed by atoms with Gasteiger partial charge in [-0.1, -0.05) is 66.3 Å². The SMILES string of the molecule is C1=CC(c2cccc3c2[cH-]c2ccccc23)C=C1.[Cl-].[Cl-].[Zr+2]=[Si](c1ccccc1)c1ccccc1. The van der Waals surface area contributed by atoms with Crippen molar-refractivity contribution in [3.63, 3.8) is 0 Å². The molecule has 1 aliphatic rings. The van der Waals surface area contributed by atoms with E-state index in [9.17, 15) is 0 Å².